The lowest BCUT2D eigenvalue weighted by Crippen LogP contribution is -2.25. The van der Waals surface area contributed by atoms with Crippen LogP contribution in [0.4, 0.5) is 0 Å². The van der Waals surface area contributed by atoms with Gasteiger partial charge in [-0.1, -0.05) is 115 Å². The highest BCUT2D eigenvalue weighted by atomic mass is 16.6. The molecule has 0 bridgehead atoms. The van der Waals surface area contributed by atoms with E-state index in [9.17, 15) is 0 Å². The van der Waals surface area contributed by atoms with Crippen molar-refractivity contribution >= 4 is 0 Å². The second-order valence-electron chi connectivity index (χ2n) is 10.9. The molecule has 0 fully saturated rings. The molecule has 0 saturated carbocycles. The zero-order chi connectivity index (χ0) is 26.4. The molecule has 0 atom stereocenters. The van der Waals surface area contributed by atoms with Crippen LogP contribution in [0.25, 0.3) is 33.4 Å². The van der Waals surface area contributed by atoms with Crippen molar-refractivity contribution in [2.24, 2.45) is 0 Å². The molecular weight excluding hydrogens is 488 g/mol. The van der Waals surface area contributed by atoms with Crippen molar-refractivity contribution in [3.8, 4) is 56.4 Å². The average Bonchev–Trinajstić information content (AvgIpc) is 3.48. The van der Waals surface area contributed by atoms with Crippen molar-refractivity contribution in [2.75, 3.05) is 0 Å². The molecule has 9 rings (SSSR count). The largest absolute Gasteiger partial charge is 0.449 e. The molecule has 0 unspecified atom stereocenters. The van der Waals surface area contributed by atoms with E-state index >= 15 is 0 Å². The van der Waals surface area contributed by atoms with E-state index in [-0.39, 0.29) is 0 Å². The van der Waals surface area contributed by atoms with Crippen LogP contribution < -0.4 is 9.47 Å². The molecule has 6 aromatic carbocycles. The molecule has 1 spiro atoms. The van der Waals surface area contributed by atoms with Crippen molar-refractivity contribution in [2.45, 2.75) is 12.3 Å². The highest BCUT2D eigenvalue weighted by molar-refractivity contribution is 5.98. The van der Waals surface area contributed by atoms with Crippen molar-refractivity contribution < 1.29 is 9.47 Å². The molecule has 0 aromatic heterocycles. The topological polar surface area (TPSA) is 18.5 Å². The van der Waals surface area contributed by atoms with Crippen LogP contribution in [-0.4, -0.2) is 0 Å². The monoisotopic (exact) mass is 512 g/mol. The Bertz CT molecular complexity index is 1990. The summed E-state index contributed by atoms with van der Waals surface area (Å²) in [7, 11) is 0. The van der Waals surface area contributed by atoms with E-state index in [1.165, 1.54) is 44.5 Å². The minimum absolute atomic E-state index is 0.409. The third kappa shape index (κ3) is 2.58. The second-order valence-corrected chi connectivity index (χ2v) is 10.9. The number of hydrogen-bond acceptors (Lipinski definition) is 2. The number of ether oxygens (including phenoxy) is 2. The molecule has 1 heterocycles. The Labute approximate surface area is 233 Å². The molecule has 188 valence electrons. The molecule has 0 radical (unpaired) electrons. The summed E-state index contributed by atoms with van der Waals surface area (Å²) in [6.07, 6.45) is 0. The van der Waals surface area contributed by atoms with E-state index in [0.29, 0.717) is 0 Å². The summed E-state index contributed by atoms with van der Waals surface area (Å²) < 4.78 is 13.6. The number of para-hydroxylation sites is 1. The maximum atomic E-state index is 6.97. The summed E-state index contributed by atoms with van der Waals surface area (Å²) in [6.45, 7) is 2.14. The van der Waals surface area contributed by atoms with Gasteiger partial charge in [-0.05, 0) is 69.1 Å². The Balaban J connectivity index is 1.34. The Morgan fingerprint density at radius 2 is 0.950 bits per heavy atom. The van der Waals surface area contributed by atoms with Crippen molar-refractivity contribution in [1.82, 2.24) is 0 Å². The molecule has 0 amide bonds. The molecule has 1 aliphatic heterocycles. The van der Waals surface area contributed by atoms with E-state index < -0.39 is 5.41 Å². The molecule has 40 heavy (non-hydrogen) atoms. The zero-order valence-corrected chi connectivity index (χ0v) is 21.9. The van der Waals surface area contributed by atoms with Crippen LogP contribution in [0.2, 0.25) is 0 Å². The molecule has 2 nitrogen and oxygen atoms in total. The minimum Gasteiger partial charge on any atom is -0.449 e. The predicted octanol–water partition coefficient (Wildman–Crippen LogP) is 9.90. The Kier molecular flexibility index (Phi) is 4.22. The lowest BCUT2D eigenvalue weighted by atomic mass is 9.70. The standard InChI is InChI=1S/C38H24O2/c1-23-11-2-3-12-24(23)27-16-10-20-33-36(27)40-37-34(39-33)22-21-32-35(37)28-15-6-9-19-31(28)38(32)29-17-7-4-13-25(29)26-14-5-8-18-30(26)38/h2-22H,1H3. The van der Waals surface area contributed by atoms with Crippen LogP contribution in [0, 0.1) is 6.92 Å². The van der Waals surface area contributed by atoms with E-state index in [1.54, 1.807) is 0 Å². The third-order valence-corrected chi connectivity index (χ3v) is 8.92. The van der Waals surface area contributed by atoms with E-state index in [0.717, 1.165) is 39.7 Å². The highest BCUT2D eigenvalue weighted by Gasteiger charge is 2.53. The van der Waals surface area contributed by atoms with Gasteiger partial charge in [-0.3, -0.25) is 0 Å². The summed E-state index contributed by atoms with van der Waals surface area (Å²) in [5.74, 6) is 3.05. The number of aryl methyl sites for hydroxylation is 1. The summed E-state index contributed by atoms with van der Waals surface area (Å²) in [5, 5.41) is 0. The van der Waals surface area contributed by atoms with Crippen molar-refractivity contribution in [3.63, 3.8) is 0 Å². The smallest absolute Gasteiger partial charge is 0.178 e. The van der Waals surface area contributed by atoms with Gasteiger partial charge in [0.25, 0.3) is 0 Å². The van der Waals surface area contributed by atoms with Crippen LogP contribution in [0.1, 0.15) is 27.8 Å². The average molecular weight is 513 g/mol. The first kappa shape index (κ1) is 21.8. The SMILES string of the molecule is Cc1ccccc1-c1cccc2c1Oc1c(ccc3c1-c1ccccc1C31c3ccccc3-c3ccccc31)O2. The van der Waals surface area contributed by atoms with Crippen LogP contribution in [0.5, 0.6) is 23.0 Å². The van der Waals surface area contributed by atoms with Gasteiger partial charge in [0.2, 0.25) is 0 Å². The quantitative estimate of drug-likeness (QED) is 0.218. The number of benzene rings is 6. The number of rotatable bonds is 1. The molecule has 3 aliphatic rings. The first-order valence-electron chi connectivity index (χ1n) is 13.8. The molecule has 6 aromatic rings. The normalized spacial score (nSPS) is 14.2. The van der Waals surface area contributed by atoms with Crippen molar-refractivity contribution in [3.05, 3.63) is 155 Å². The second kappa shape index (κ2) is 7.74. The van der Waals surface area contributed by atoms with Gasteiger partial charge in [-0.2, -0.15) is 0 Å². The number of hydrogen-bond donors (Lipinski definition) is 0. The molecular formula is C38H24O2. The summed E-state index contributed by atoms with van der Waals surface area (Å²) in [4.78, 5) is 0. The fourth-order valence-corrected chi connectivity index (χ4v) is 7.32. The van der Waals surface area contributed by atoms with Crippen LogP contribution in [-0.2, 0) is 5.41 Å². The van der Waals surface area contributed by atoms with Crippen LogP contribution >= 0.6 is 0 Å². The molecule has 2 heteroatoms. The minimum atomic E-state index is -0.409. The fraction of sp³-hybridized carbons (Fsp3) is 0.0526. The summed E-state index contributed by atoms with van der Waals surface area (Å²) >= 11 is 0. The zero-order valence-electron chi connectivity index (χ0n) is 21.9. The van der Waals surface area contributed by atoms with Gasteiger partial charge in [-0.15, -0.1) is 0 Å². The first-order valence-corrected chi connectivity index (χ1v) is 13.8. The number of fused-ring (bicyclic) bond motifs is 13. The Morgan fingerprint density at radius 3 is 1.65 bits per heavy atom. The molecule has 0 N–H and O–H groups in total. The Hall–Kier alpha value is -5.08. The van der Waals surface area contributed by atoms with Gasteiger partial charge >= 0.3 is 0 Å². The van der Waals surface area contributed by atoms with Gasteiger partial charge in [0.1, 0.15) is 0 Å². The van der Waals surface area contributed by atoms with Crippen LogP contribution in [0.15, 0.2) is 127 Å². The van der Waals surface area contributed by atoms with Crippen LogP contribution in [0.3, 0.4) is 0 Å². The van der Waals surface area contributed by atoms with Gasteiger partial charge in [0.15, 0.2) is 23.0 Å². The highest BCUT2D eigenvalue weighted by Crippen LogP contribution is 2.66. The van der Waals surface area contributed by atoms with E-state index in [2.05, 4.69) is 122 Å². The lowest BCUT2D eigenvalue weighted by molar-refractivity contribution is 0.361. The predicted molar refractivity (Wildman–Crippen MR) is 160 cm³/mol. The van der Waals surface area contributed by atoms with E-state index in [4.69, 9.17) is 9.47 Å². The maximum absolute atomic E-state index is 6.97. The van der Waals surface area contributed by atoms with E-state index in [1.807, 2.05) is 12.1 Å². The van der Waals surface area contributed by atoms with Gasteiger partial charge in [-0.25, -0.2) is 0 Å². The van der Waals surface area contributed by atoms with Gasteiger partial charge < -0.3 is 9.47 Å². The lowest BCUT2D eigenvalue weighted by Gasteiger charge is -2.31. The third-order valence-electron chi connectivity index (χ3n) is 8.92. The fourth-order valence-electron chi connectivity index (χ4n) is 7.32. The maximum Gasteiger partial charge on any atom is 0.178 e. The summed E-state index contributed by atoms with van der Waals surface area (Å²) in [5.41, 5.74) is 13.0. The van der Waals surface area contributed by atoms with Gasteiger partial charge in [0, 0.05) is 11.1 Å². The Morgan fingerprint density at radius 1 is 0.400 bits per heavy atom. The summed E-state index contributed by atoms with van der Waals surface area (Å²) in [6, 6.07) is 45.5. The first-order chi connectivity index (χ1) is 19.8. The molecule has 0 saturated heterocycles. The van der Waals surface area contributed by atoms with Gasteiger partial charge in [0.05, 0.1) is 5.41 Å². The van der Waals surface area contributed by atoms with Crippen molar-refractivity contribution in [1.29, 1.82) is 0 Å². The molecule has 2 aliphatic carbocycles.